The first kappa shape index (κ1) is 32.5. The fourth-order valence-corrected chi connectivity index (χ4v) is 10.0. The van der Waals surface area contributed by atoms with E-state index >= 15 is 0 Å². The Hall–Kier alpha value is -1.43. The molecule has 5 heteroatoms. The van der Waals surface area contributed by atoms with Crippen LogP contribution >= 0.6 is 0 Å². The van der Waals surface area contributed by atoms with Crippen LogP contribution in [0.2, 0.25) is 0 Å². The molecule has 3 saturated carbocycles. The lowest BCUT2D eigenvalue weighted by molar-refractivity contribution is -0.0540. The third-order valence-corrected chi connectivity index (χ3v) is 12.9. The van der Waals surface area contributed by atoms with E-state index in [4.69, 9.17) is 0 Å². The summed E-state index contributed by atoms with van der Waals surface area (Å²) in [5, 5.41) is 10.2. The van der Waals surface area contributed by atoms with Gasteiger partial charge in [0.15, 0.2) is 0 Å². The Kier molecular flexibility index (Phi) is 10.0. The van der Waals surface area contributed by atoms with E-state index in [-0.39, 0.29) is 11.0 Å². The van der Waals surface area contributed by atoms with Crippen LogP contribution < -0.4 is 0 Å². The summed E-state index contributed by atoms with van der Waals surface area (Å²) in [5.41, 5.74) is 3.44. The van der Waals surface area contributed by atoms with Crippen molar-refractivity contribution in [1.29, 1.82) is 0 Å². The summed E-state index contributed by atoms with van der Waals surface area (Å²) in [4.78, 5) is -0.178. The van der Waals surface area contributed by atoms with Crippen LogP contribution in [-0.2, 0) is 10.1 Å². The molecule has 4 aliphatic carbocycles. The Morgan fingerprint density at radius 1 is 1.00 bits per heavy atom. The van der Waals surface area contributed by atoms with Crippen molar-refractivity contribution in [2.75, 3.05) is 0 Å². The summed E-state index contributed by atoms with van der Waals surface area (Å²) < 4.78 is 31.2. The molecule has 0 spiro atoms. The second-order valence-electron chi connectivity index (χ2n) is 14.7. The molecule has 9 atom stereocenters. The molecule has 1 N–H and O–H groups in total. The standard InChI is InChI=1S/C29H48O.C7H8O3S/c1-7-21(19(2)3)9-8-20(4)25-12-13-26-24-11-10-22-18-23(30)14-16-28(22,5)27(24)15-17-29(25,26)6;1-6-2-4-7(5-3-6)11(8,9)10/h8-10,19-21,23-27,30H,7,11-18H2,1-6H3;2-5H,1H3,(H,8,9,10)/p-1/b9-8+;/t20-,21-,23+,24+,25-,26+,27+,28+,29-;/m1./s1. The van der Waals surface area contributed by atoms with E-state index in [1.807, 2.05) is 6.92 Å². The highest BCUT2D eigenvalue weighted by atomic mass is 32.2. The molecule has 0 unspecified atom stereocenters. The van der Waals surface area contributed by atoms with Gasteiger partial charge in [0.2, 0.25) is 0 Å². The normalized spacial score (nSPS) is 36.4. The zero-order valence-electron chi connectivity index (χ0n) is 26.6. The molecular weight excluding hydrogens is 528 g/mol. The van der Waals surface area contributed by atoms with Crippen LogP contribution in [0.1, 0.15) is 105 Å². The first-order valence-corrected chi connectivity index (χ1v) is 17.7. The van der Waals surface area contributed by atoms with Crippen molar-refractivity contribution in [3.8, 4) is 0 Å². The van der Waals surface area contributed by atoms with Crippen LogP contribution in [0.15, 0.2) is 53.0 Å². The second kappa shape index (κ2) is 12.7. The highest BCUT2D eigenvalue weighted by Gasteiger charge is 2.58. The minimum atomic E-state index is -4.27. The van der Waals surface area contributed by atoms with E-state index in [0.717, 1.165) is 53.9 Å². The van der Waals surface area contributed by atoms with Gasteiger partial charge in [0, 0.05) is 0 Å². The lowest BCUT2D eigenvalue weighted by atomic mass is 9.47. The number of aliphatic hydroxyl groups excluding tert-OH is 1. The third-order valence-electron chi connectivity index (χ3n) is 12.1. The SMILES string of the molecule is CC[C@H](/C=C/[C@@H](C)[C@H]1CC[C@H]2[C@@H]3CC=C4C[C@@H](O)CC[C@]4(C)[C@H]3CC[C@]12C)C(C)C.Cc1ccc(S(=O)(=O)[O-])cc1. The molecule has 0 aromatic heterocycles. The van der Waals surface area contributed by atoms with Gasteiger partial charge in [0.25, 0.3) is 0 Å². The Bertz CT molecular complexity index is 1200. The molecular formula is C36H55O4S-. The summed E-state index contributed by atoms with van der Waals surface area (Å²) in [6.45, 7) is 16.6. The number of hydrogen-bond donors (Lipinski definition) is 1. The summed E-state index contributed by atoms with van der Waals surface area (Å²) >= 11 is 0. The summed E-state index contributed by atoms with van der Waals surface area (Å²) in [6, 6.07) is 5.78. The molecule has 5 rings (SSSR count). The van der Waals surface area contributed by atoms with E-state index in [2.05, 4.69) is 59.8 Å². The van der Waals surface area contributed by atoms with Crippen molar-refractivity contribution < 1.29 is 18.1 Å². The van der Waals surface area contributed by atoms with E-state index in [9.17, 15) is 18.1 Å². The van der Waals surface area contributed by atoms with Gasteiger partial charge < -0.3 is 9.66 Å². The molecule has 1 aromatic carbocycles. The van der Waals surface area contributed by atoms with Crippen molar-refractivity contribution in [3.05, 3.63) is 53.6 Å². The number of aryl methyl sites for hydroxylation is 1. The largest absolute Gasteiger partial charge is 0.744 e. The van der Waals surface area contributed by atoms with Gasteiger partial charge >= 0.3 is 0 Å². The number of hydrogen-bond acceptors (Lipinski definition) is 4. The summed E-state index contributed by atoms with van der Waals surface area (Å²) in [7, 11) is -4.27. The molecule has 0 bridgehead atoms. The topological polar surface area (TPSA) is 77.4 Å². The van der Waals surface area contributed by atoms with Gasteiger partial charge in [-0.1, -0.05) is 83.0 Å². The van der Waals surface area contributed by atoms with Gasteiger partial charge in [0.05, 0.1) is 11.0 Å². The number of benzene rings is 1. The monoisotopic (exact) mass is 583 g/mol. The van der Waals surface area contributed by atoms with Gasteiger partial charge in [-0.05, 0) is 129 Å². The van der Waals surface area contributed by atoms with Crippen molar-refractivity contribution in [3.63, 3.8) is 0 Å². The average Bonchev–Trinajstić information content (AvgIpc) is 3.26. The van der Waals surface area contributed by atoms with E-state index < -0.39 is 10.1 Å². The predicted octanol–water partition coefficient (Wildman–Crippen LogP) is 8.70. The van der Waals surface area contributed by atoms with Crippen LogP contribution in [0, 0.1) is 59.2 Å². The molecule has 0 aliphatic heterocycles. The minimum absolute atomic E-state index is 0.0870. The Morgan fingerprint density at radius 3 is 2.29 bits per heavy atom. The number of rotatable bonds is 6. The maximum atomic E-state index is 10.4. The fourth-order valence-electron chi connectivity index (χ4n) is 9.53. The molecule has 0 radical (unpaired) electrons. The number of aliphatic hydroxyl groups is 1. The zero-order chi connectivity index (χ0) is 30.2. The second-order valence-corrected chi connectivity index (χ2v) is 16.1. The predicted molar refractivity (Wildman–Crippen MR) is 167 cm³/mol. The molecule has 0 heterocycles. The van der Waals surface area contributed by atoms with E-state index in [0.29, 0.717) is 16.7 Å². The van der Waals surface area contributed by atoms with Crippen LogP contribution in [0.3, 0.4) is 0 Å². The molecule has 4 nitrogen and oxygen atoms in total. The van der Waals surface area contributed by atoms with Crippen LogP contribution in [0.5, 0.6) is 0 Å². The quantitative estimate of drug-likeness (QED) is 0.268. The Labute approximate surface area is 250 Å². The lowest BCUT2D eigenvalue weighted by Gasteiger charge is -2.58. The van der Waals surface area contributed by atoms with Crippen molar-refractivity contribution >= 4 is 10.1 Å². The Morgan fingerprint density at radius 2 is 1.68 bits per heavy atom. The van der Waals surface area contributed by atoms with Gasteiger partial charge in [-0.15, -0.1) is 0 Å². The van der Waals surface area contributed by atoms with E-state index in [1.165, 1.54) is 57.1 Å². The Balaban J connectivity index is 0.000000296. The first-order chi connectivity index (χ1) is 19.2. The number of allylic oxidation sites excluding steroid dienone is 3. The highest BCUT2D eigenvalue weighted by molar-refractivity contribution is 7.85. The van der Waals surface area contributed by atoms with Gasteiger partial charge in [-0.2, -0.15) is 0 Å². The van der Waals surface area contributed by atoms with Crippen LogP contribution in [-0.4, -0.2) is 24.2 Å². The van der Waals surface area contributed by atoms with Crippen molar-refractivity contribution in [1.82, 2.24) is 0 Å². The van der Waals surface area contributed by atoms with E-state index in [1.54, 1.807) is 17.7 Å². The molecule has 0 amide bonds. The van der Waals surface area contributed by atoms with Gasteiger partial charge in [-0.3, -0.25) is 0 Å². The van der Waals surface area contributed by atoms with Gasteiger partial charge in [-0.25, -0.2) is 8.42 Å². The van der Waals surface area contributed by atoms with Crippen LogP contribution in [0.4, 0.5) is 0 Å². The third kappa shape index (κ3) is 6.73. The van der Waals surface area contributed by atoms with Gasteiger partial charge in [0.1, 0.15) is 10.1 Å². The molecule has 1 aromatic rings. The summed E-state index contributed by atoms with van der Waals surface area (Å²) in [5.74, 6) is 5.70. The lowest BCUT2D eigenvalue weighted by Crippen LogP contribution is -2.50. The van der Waals surface area contributed by atoms with Crippen LogP contribution in [0.25, 0.3) is 0 Å². The smallest absolute Gasteiger partial charge is 0.124 e. The molecule has 3 fully saturated rings. The first-order valence-electron chi connectivity index (χ1n) is 16.3. The maximum absolute atomic E-state index is 10.4. The number of fused-ring (bicyclic) bond motifs is 5. The zero-order valence-corrected chi connectivity index (χ0v) is 27.4. The molecule has 0 saturated heterocycles. The summed E-state index contributed by atoms with van der Waals surface area (Å²) in [6.07, 6.45) is 19.1. The minimum Gasteiger partial charge on any atom is -0.744 e. The maximum Gasteiger partial charge on any atom is 0.124 e. The average molecular weight is 584 g/mol. The fraction of sp³-hybridized carbons (Fsp3) is 0.722. The van der Waals surface area contributed by atoms with Crippen molar-refractivity contribution in [2.24, 2.45) is 52.3 Å². The molecule has 4 aliphatic rings. The van der Waals surface area contributed by atoms with Crippen molar-refractivity contribution in [2.45, 2.75) is 117 Å². The highest BCUT2D eigenvalue weighted by Crippen LogP contribution is 2.67. The molecule has 41 heavy (non-hydrogen) atoms. The molecule has 230 valence electrons.